The Bertz CT molecular complexity index is 649. The first-order valence-corrected chi connectivity index (χ1v) is 9.75. The van der Waals surface area contributed by atoms with Gasteiger partial charge in [-0.05, 0) is 29.3 Å². The van der Waals surface area contributed by atoms with E-state index in [-0.39, 0.29) is 22.1 Å². The van der Waals surface area contributed by atoms with Crippen LogP contribution in [-0.2, 0) is 0 Å². The van der Waals surface area contributed by atoms with Crippen LogP contribution in [0.3, 0.4) is 0 Å². The van der Waals surface area contributed by atoms with Crippen LogP contribution in [0.25, 0.3) is 0 Å². The summed E-state index contributed by atoms with van der Waals surface area (Å²) in [7, 11) is -0.101. The van der Waals surface area contributed by atoms with Gasteiger partial charge in [-0.3, -0.25) is 10.1 Å². The van der Waals surface area contributed by atoms with Crippen LogP contribution in [0.4, 0.5) is 0 Å². The first-order valence-electron chi connectivity index (χ1n) is 6.68. The maximum Gasteiger partial charge on any atom is 0.265 e. The number of rotatable bonds is 2. The van der Waals surface area contributed by atoms with Gasteiger partial charge < -0.3 is 4.74 Å². The number of fused-ring (bicyclic) bond motifs is 3. The lowest BCUT2D eigenvalue weighted by Crippen LogP contribution is -2.42. The van der Waals surface area contributed by atoms with Crippen molar-refractivity contribution in [1.82, 2.24) is 0 Å². The standard InChI is InChI=1S/C15H17NO3Si/c1-19-11-5-7-13-12-6-4-10(16(17)18)8-14(12)20(2,3)15(13)9-11/h4-9,12,14H,1-3H3. The fourth-order valence-electron chi connectivity index (χ4n) is 3.43. The maximum atomic E-state index is 11.0. The molecule has 0 radical (unpaired) electrons. The molecule has 1 aliphatic carbocycles. The highest BCUT2D eigenvalue weighted by atomic mass is 28.3. The molecule has 0 fully saturated rings. The van der Waals surface area contributed by atoms with Gasteiger partial charge >= 0.3 is 0 Å². The van der Waals surface area contributed by atoms with E-state index in [1.54, 1.807) is 13.2 Å². The second-order valence-corrected chi connectivity index (χ2v) is 10.6. The van der Waals surface area contributed by atoms with E-state index < -0.39 is 8.07 Å². The molecular weight excluding hydrogens is 270 g/mol. The molecule has 0 saturated carbocycles. The van der Waals surface area contributed by atoms with E-state index in [2.05, 4.69) is 25.2 Å². The monoisotopic (exact) mass is 287 g/mol. The van der Waals surface area contributed by atoms with E-state index >= 15 is 0 Å². The van der Waals surface area contributed by atoms with Crippen molar-refractivity contribution in [3.8, 4) is 5.75 Å². The second-order valence-electron chi connectivity index (χ2n) is 5.93. The van der Waals surface area contributed by atoms with Crippen molar-refractivity contribution in [2.75, 3.05) is 7.11 Å². The van der Waals surface area contributed by atoms with Gasteiger partial charge in [0, 0.05) is 12.0 Å². The number of benzene rings is 1. The zero-order valence-electron chi connectivity index (χ0n) is 11.8. The molecule has 4 nitrogen and oxygen atoms in total. The minimum Gasteiger partial charge on any atom is -0.497 e. The van der Waals surface area contributed by atoms with Crippen molar-refractivity contribution in [3.63, 3.8) is 0 Å². The second kappa shape index (κ2) is 4.31. The Hall–Kier alpha value is -1.88. The van der Waals surface area contributed by atoms with E-state index in [9.17, 15) is 10.1 Å². The summed E-state index contributed by atoms with van der Waals surface area (Å²) in [5.41, 5.74) is 1.80. The number of hydrogen-bond donors (Lipinski definition) is 0. The number of ether oxygens (including phenoxy) is 1. The molecule has 1 aliphatic heterocycles. The summed E-state index contributed by atoms with van der Waals surface area (Å²) in [6.45, 7) is 4.56. The van der Waals surface area contributed by atoms with Gasteiger partial charge in [0.15, 0.2) is 0 Å². The molecule has 0 aromatic heterocycles. The molecule has 0 bridgehead atoms. The average Bonchev–Trinajstić information content (AvgIpc) is 2.67. The molecule has 5 heteroatoms. The van der Waals surface area contributed by atoms with Gasteiger partial charge in [0.2, 0.25) is 0 Å². The van der Waals surface area contributed by atoms with Crippen molar-refractivity contribution in [2.24, 2.45) is 0 Å². The van der Waals surface area contributed by atoms with Crippen LogP contribution >= 0.6 is 0 Å². The summed E-state index contributed by atoms with van der Waals surface area (Å²) in [4.78, 5) is 10.7. The molecule has 104 valence electrons. The summed E-state index contributed by atoms with van der Waals surface area (Å²) < 4.78 is 5.33. The summed E-state index contributed by atoms with van der Waals surface area (Å²) >= 11 is 0. The number of methoxy groups -OCH3 is 1. The molecule has 1 aromatic carbocycles. The van der Waals surface area contributed by atoms with Crippen molar-refractivity contribution in [1.29, 1.82) is 0 Å². The fourth-order valence-corrected chi connectivity index (χ4v) is 7.08. The van der Waals surface area contributed by atoms with E-state index in [1.807, 2.05) is 18.2 Å². The van der Waals surface area contributed by atoms with E-state index in [1.165, 1.54) is 10.8 Å². The van der Waals surface area contributed by atoms with Crippen molar-refractivity contribution in [3.05, 3.63) is 57.8 Å². The Labute approximate surface area is 118 Å². The normalized spacial score (nSPS) is 25.6. The predicted octanol–water partition coefficient (Wildman–Crippen LogP) is 2.81. The minimum absolute atomic E-state index is 0.228. The SMILES string of the molecule is COc1ccc2c(c1)[Si](C)(C)C1C=C([N+](=O)[O-])C=CC21. The largest absolute Gasteiger partial charge is 0.497 e. The fraction of sp³-hybridized carbons (Fsp3) is 0.333. The quantitative estimate of drug-likeness (QED) is 0.477. The molecule has 2 aliphatic rings. The molecule has 2 atom stereocenters. The maximum absolute atomic E-state index is 11.0. The number of hydrogen-bond acceptors (Lipinski definition) is 3. The van der Waals surface area contributed by atoms with Gasteiger partial charge in [0.1, 0.15) is 5.75 Å². The Morgan fingerprint density at radius 2 is 2.10 bits per heavy atom. The zero-order chi connectivity index (χ0) is 14.5. The molecule has 0 N–H and O–H groups in total. The first-order chi connectivity index (χ1) is 9.45. The highest BCUT2D eigenvalue weighted by Gasteiger charge is 2.48. The predicted molar refractivity (Wildman–Crippen MR) is 80.8 cm³/mol. The third-order valence-corrected chi connectivity index (χ3v) is 8.58. The molecule has 3 rings (SSSR count). The summed E-state index contributed by atoms with van der Waals surface area (Å²) in [5, 5.41) is 12.4. The topological polar surface area (TPSA) is 52.4 Å². The van der Waals surface area contributed by atoms with Gasteiger partial charge in [-0.2, -0.15) is 0 Å². The number of allylic oxidation sites excluding steroid dienone is 3. The highest BCUT2D eigenvalue weighted by molar-refractivity contribution is 6.93. The molecule has 0 spiro atoms. The van der Waals surface area contributed by atoms with Crippen LogP contribution in [0, 0.1) is 10.1 Å². The lowest BCUT2D eigenvalue weighted by Gasteiger charge is -2.27. The van der Waals surface area contributed by atoms with E-state index in [0.29, 0.717) is 0 Å². The summed E-state index contributed by atoms with van der Waals surface area (Å²) in [5.74, 6) is 1.15. The van der Waals surface area contributed by atoms with Crippen LogP contribution in [0.2, 0.25) is 18.6 Å². The highest BCUT2D eigenvalue weighted by Crippen LogP contribution is 2.48. The van der Waals surface area contributed by atoms with Crippen molar-refractivity contribution < 1.29 is 9.66 Å². The third kappa shape index (κ3) is 1.73. The summed E-state index contributed by atoms with van der Waals surface area (Å²) in [6.07, 6.45) is 5.50. The minimum atomic E-state index is -1.77. The molecular formula is C15H17NO3Si. The summed E-state index contributed by atoms with van der Waals surface area (Å²) in [6, 6.07) is 6.21. The van der Waals surface area contributed by atoms with Crippen LogP contribution in [0.15, 0.2) is 42.1 Å². The molecule has 20 heavy (non-hydrogen) atoms. The lowest BCUT2D eigenvalue weighted by molar-refractivity contribution is -0.419. The number of nitrogens with zero attached hydrogens (tertiary/aromatic N) is 1. The van der Waals surface area contributed by atoms with Crippen LogP contribution in [0.1, 0.15) is 11.5 Å². The third-order valence-electron chi connectivity index (χ3n) is 4.57. The Kier molecular flexibility index (Phi) is 2.83. The smallest absolute Gasteiger partial charge is 0.265 e. The van der Waals surface area contributed by atoms with Crippen LogP contribution < -0.4 is 9.92 Å². The van der Waals surface area contributed by atoms with Gasteiger partial charge in [0.25, 0.3) is 5.70 Å². The lowest BCUT2D eigenvalue weighted by atomic mass is 9.91. The van der Waals surface area contributed by atoms with E-state index in [4.69, 9.17) is 4.74 Å². The van der Waals surface area contributed by atoms with Crippen molar-refractivity contribution >= 4 is 13.3 Å². The Morgan fingerprint density at radius 1 is 1.35 bits per heavy atom. The van der Waals surface area contributed by atoms with Gasteiger partial charge in [-0.15, -0.1) is 0 Å². The zero-order valence-corrected chi connectivity index (χ0v) is 12.8. The van der Waals surface area contributed by atoms with Gasteiger partial charge in [0.05, 0.1) is 20.1 Å². The Balaban J connectivity index is 2.12. The number of nitro groups is 1. The Morgan fingerprint density at radius 3 is 2.75 bits per heavy atom. The van der Waals surface area contributed by atoms with Gasteiger partial charge in [-0.1, -0.05) is 30.4 Å². The molecule has 1 heterocycles. The molecule has 1 aromatic rings. The van der Waals surface area contributed by atoms with Crippen LogP contribution in [-0.4, -0.2) is 20.1 Å². The molecule has 2 unspecified atom stereocenters. The molecule has 0 amide bonds. The average molecular weight is 287 g/mol. The van der Waals surface area contributed by atoms with Crippen molar-refractivity contribution in [2.45, 2.75) is 24.6 Å². The van der Waals surface area contributed by atoms with Gasteiger partial charge in [-0.25, -0.2) is 0 Å². The van der Waals surface area contributed by atoms with E-state index in [0.717, 1.165) is 5.75 Å². The molecule has 0 saturated heterocycles. The first kappa shape index (κ1) is 13.1. The van der Waals surface area contributed by atoms with Crippen LogP contribution in [0.5, 0.6) is 5.75 Å².